The molecule has 0 aliphatic heterocycles. The van der Waals surface area contributed by atoms with Crippen molar-refractivity contribution in [2.75, 3.05) is 19.1 Å². The Labute approximate surface area is 124 Å². The van der Waals surface area contributed by atoms with Crippen molar-refractivity contribution in [3.63, 3.8) is 0 Å². The summed E-state index contributed by atoms with van der Waals surface area (Å²) < 4.78 is 5.26. The molecule has 1 aromatic heterocycles. The molecule has 0 aliphatic carbocycles. The molecule has 0 bridgehead atoms. The van der Waals surface area contributed by atoms with Crippen LogP contribution in [0.5, 0.6) is 5.75 Å². The first kappa shape index (κ1) is 14.8. The number of pyridine rings is 1. The number of nitrogens with one attached hydrogen (secondary N) is 1. The molecule has 0 radical (unpaired) electrons. The lowest BCUT2D eigenvalue weighted by Gasteiger charge is -2.22. The van der Waals surface area contributed by atoms with E-state index in [1.807, 2.05) is 43.1 Å². The number of anilines is 1. The van der Waals surface area contributed by atoms with E-state index in [1.54, 1.807) is 19.2 Å². The van der Waals surface area contributed by atoms with E-state index >= 15 is 0 Å². The van der Waals surface area contributed by atoms with Crippen LogP contribution in [-0.4, -0.2) is 25.0 Å². The molecule has 5 heteroatoms. The summed E-state index contributed by atoms with van der Waals surface area (Å²) in [5.41, 5.74) is 9.15. The van der Waals surface area contributed by atoms with E-state index < -0.39 is 0 Å². The summed E-state index contributed by atoms with van der Waals surface area (Å²) in [6, 6.07) is 11.4. The van der Waals surface area contributed by atoms with Crippen LogP contribution in [0.25, 0.3) is 0 Å². The number of ether oxygens (including phenoxy) is 1. The highest BCUT2D eigenvalue weighted by molar-refractivity contribution is 6.00. The summed E-state index contributed by atoms with van der Waals surface area (Å²) in [6.07, 6.45) is 0. The third kappa shape index (κ3) is 3.51. The molecule has 21 heavy (non-hydrogen) atoms. The maximum absolute atomic E-state index is 7.71. The molecule has 0 spiro atoms. The van der Waals surface area contributed by atoms with Gasteiger partial charge in [0.1, 0.15) is 11.6 Å². The number of rotatable bonds is 5. The van der Waals surface area contributed by atoms with Gasteiger partial charge in [0.15, 0.2) is 0 Å². The van der Waals surface area contributed by atoms with E-state index in [4.69, 9.17) is 15.9 Å². The first-order valence-corrected chi connectivity index (χ1v) is 6.67. The number of aryl methyl sites for hydroxylation is 1. The van der Waals surface area contributed by atoms with Crippen LogP contribution >= 0.6 is 0 Å². The van der Waals surface area contributed by atoms with Crippen molar-refractivity contribution in [1.82, 2.24) is 4.98 Å². The van der Waals surface area contributed by atoms with Crippen molar-refractivity contribution in [3.8, 4) is 5.75 Å². The molecule has 5 nitrogen and oxygen atoms in total. The third-order valence-corrected chi connectivity index (χ3v) is 3.25. The first-order valence-electron chi connectivity index (χ1n) is 6.67. The molecule has 0 aliphatic rings. The molecule has 0 saturated heterocycles. The van der Waals surface area contributed by atoms with Gasteiger partial charge in [0.25, 0.3) is 0 Å². The van der Waals surface area contributed by atoms with Gasteiger partial charge in [0.2, 0.25) is 0 Å². The van der Waals surface area contributed by atoms with Gasteiger partial charge in [-0.25, -0.2) is 0 Å². The second kappa shape index (κ2) is 6.26. The average molecular weight is 284 g/mol. The molecule has 0 saturated carbocycles. The quantitative estimate of drug-likeness (QED) is 0.652. The van der Waals surface area contributed by atoms with E-state index in [1.165, 1.54) is 0 Å². The lowest BCUT2D eigenvalue weighted by atomic mass is 10.1. The van der Waals surface area contributed by atoms with Gasteiger partial charge < -0.3 is 15.4 Å². The Kier molecular flexibility index (Phi) is 4.42. The molecule has 2 rings (SSSR count). The summed E-state index contributed by atoms with van der Waals surface area (Å²) in [4.78, 5) is 6.51. The second-order valence-corrected chi connectivity index (χ2v) is 4.92. The van der Waals surface area contributed by atoms with Gasteiger partial charge in [-0.2, -0.15) is 0 Å². The zero-order valence-electron chi connectivity index (χ0n) is 12.6. The summed E-state index contributed by atoms with van der Waals surface area (Å²) in [5, 5.41) is 7.71. The molecule has 110 valence electrons. The maximum atomic E-state index is 7.71. The smallest absolute Gasteiger partial charge is 0.124 e. The van der Waals surface area contributed by atoms with Gasteiger partial charge in [-0.3, -0.25) is 10.4 Å². The Morgan fingerprint density at radius 3 is 2.71 bits per heavy atom. The normalized spacial score (nSPS) is 10.2. The molecular weight excluding hydrogens is 264 g/mol. The predicted molar refractivity (Wildman–Crippen MR) is 85.1 cm³/mol. The number of nitrogens with two attached hydrogens (primary N) is 1. The summed E-state index contributed by atoms with van der Waals surface area (Å²) in [5.74, 6) is 0.774. The highest BCUT2D eigenvalue weighted by Gasteiger charge is 2.12. The van der Waals surface area contributed by atoms with Gasteiger partial charge in [-0.15, -0.1) is 0 Å². The SMILES string of the molecule is COc1ccc(C(=N)N)c(N(C)Cc2cccc(C)n2)c1. The molecule has 0 unspecified atom stereocenters. The van der Waals surface area contributed by atoms with Crippen LogP contribution in [0.1, 0.15) is 17.0 Å². The summed E-state index contributed by atoms with van der Waals surface area (Å²) in [6.45, 7) is 2.60. The van der Waals surface area contributed by atoms with Crippen molar-refractivity contribution < 1.29 is 4.74 Å². The Hall–Kier alpha value is -2.56. The number of aromatic nitrogens is 1. The first-order chi connectivity index (χ1) is 10.0. The minimum atomic E-state index is 0.0386. The minimum absolute atomic E-state index is 0.0386. The fourth-order valence-electron chi connectivity index (χ4n) is 2.20. The number of nitrogens with zero attached hydrogens (tertiary/aromatic N) is 2. The predicted octanol–water partition coefficient (Wildman–Crippen LogP) is 2.32. The van der Waals surface area contributed by atoms with Crippen LogP contribution in [0.2, 0.25) is 0 Å². The van der Waals surface area contributed by atoms with Crippen LogP contribution < -0.4 is 15.4 Å². The van der Waals surface area contributed by atoms with Crippen LogP contribution in [0.15, 0.2) is 36.4 Å². The molecule has 1 heterocycles. The van der Waals surface area contributed by atoms with E-state index in [0.717, 1.165) is 22.8 Å². The highest BCUT2D eigenvalue weighted by atomic mass is 16.5. The Bertz CT molecular complexity index is 654. The maximum Gasteiger partial charge on any atom is 0.124 e. The van der Waals surface area contributed by atoms with Crippen LogP contribution in [0, 0.1) is 12.3 Å². The number of hydrogen-bond donors (Lipinski definition) is 2. The average Bonchev–Trinajstić information content (AvgIpc) is 2.46. The fourth-order valence-corrected chi connectivity index (χ4v) is 2.20. The van der Waals surface area contributed by atoms with Crippen molar-refractivity contribution >= 4 is 11.5 Å². The number of hydrogen-bond acceptors (Lipinski definition) is 4. The lowest BCUT2D eigenvalue weighted by Crippen LogP contribution is -2.22. The van der Waals surface area contributed by atoms with Crippen molar-refractivity contribution in [2.24, 2.45) is 5.73 Å². The summed E-state index contributed by atoms with van der Waals surface area (Å²) >= 11 is 0. The number of amidine groups is 1. The number of methoxy groups -OCH3 is 1. The molecule has 0 atom stereocenters. The van der Waals surface area contributed by atoms with Gasteiger partial charge in [0, 0.05) is 24.4 Å². The van der Waals surface area contributed by atoms with Crippen molar-refractivity contribution in [1.29, 1.82) is 5.41 Å². The Morgan fingerprint density at radius 2 is 2.10 bits per heavy atom. The lowest BCUT2D eigenvalue weighted by molar-refractivity contribution is 0.415. The molecule has 0 fully saturated rings. The van der Waals surface area contributed by atoms with Crippen LogP contribution in [-0.2, 0) is 6.54 Å². The number of benzene rings is 1. The minimum Gasteiger partial charge on any atom is -0.497 e. The van der Waals surface area contributed by atoms with Gasteiger partial charge in [-0.1, -0.05) is 6.07 Å². The number of nitrogen functional groups attached to an aromatic ring is 1. The van der Waals surface area contributed by atoms with Crippen molar-refractivity contribution in [2.45, 2.75) is 13.5 Å². The molecule has 0 amide bonds. The van der Waals surface area contributed by atoms with E-state index in [0.29, 0.717) is 12.1 Å². The molecule has 2 aromatic rings. The second-order valence-electron chi connectivity index (χ2n) is 4.92. The largest absolute Gasteiger partial charge is 0.497 e. The highest BCUT2D eigenvalue weighted by Crippen LogP contribution is 2.26. The van der Waals surface area contributed by atoms with Crippen LogP contribution in [0.4, 0.5) is 5.69 Å². The van der Waals surface area contributed by atoms with Crippen LogP contribution in [0.3, 0.4) is 0 Å². The van der Waals surface area contributed by atoms with E-state index in [2.05, 4.69) is 4.98 Å². The van der Waals surface area contributed by atoms with Gasteiger partial charge >= 0.3 is 0 Å². The van der Waals surface area contributed by atoms with Gasteiger partial charge in [-0.05, 0) is 31.2 Å². The monoisotopic (exact) mass is 284 g/mol. The molecule has 1 aromatic carbocycles. The Morgan fingerprint density at radius 1 is 1.33 bits per heavy atom. The standard InChI is InChI=1S/C16H20N4O/c1-11-5-4-6-12(19-11)10-20(2)15-9-13(21-3)7-8-14(15)16(17)18/h4-9H,10H2,1-3H3,(H3,17,18). The van der Waals surface area contributed by atoms with E-state index in [-0.39, 0.29) is 5.84 Å². The van der Waals surface area contributed by atoms with Crippen molar-refractivity contribution in [3.05, 3.63) is 53.3 Å². The Balaban J connectivity index is 2.33. The summed E-state index contributed by atoms with van der Waals surface area (Å²) in [7, 11) is 3.57. The van der Waals surface area contributed by atoms with Gasteiger partial charge in [0.05, 0.1) is 25.0 Å². The third-order valence-electron chi connectivity index (χ3n) is 3.25. The topological polar surface area (TPSA) is 75.2 Å². The molecule has 3 N–H and O–H groups in total. The zero-order valence-corrected chi connectivity index (χ0v) is 12.6. The fraction of sp³-hybridized carbons (Fsp3) is 0.250. The zero-order chi connectivity index (χ0) is 15.4. The van der Waals surface area contributed by atoms with E-state index in [9.17, 15) is 0 Å². The molecular formula is C16H20N4O.